The van der Waals surface area contributed by atoms with Gasteiger partial charge in [-0.25, -0.2) is 0 Å². The first-order valence-corrected chi connectivity index (χ1v) is 6.43. The highest BCUT2D eigenvalue weighted by molar-refractivity contribution is 5.82. The molecule has 2 unspecified atom stereocenters. The number of hydrogen-bond donors (Lipinski definition) is 2. The lowest BCUT2D eigenvalue weighted by atomic mass is 10.1. The monoisotopic (exact) mass is 225 g/mol. The Morgan fingerprint density at radius 2 is 2.19 bits per heavy atom. The second-order valence-corrected chi connectivity index (χ2v) is 5.08. The molecule has 1 heterocycles. The van der Waals surface area contributed by atoms with Crippen molar-refractivity contribution in [2.45, 2.75) is 50.7 Å². The van der Waals surface area contributed by atoms with Crippen molar-refractivity contribution in [2.24, 2.45) is 0 Å². The normalized spacial score (nSPS) is 32.2. The van der Waals surface area contributed by atoms with Crippen LogP contribution in [0.25, 0.3) is 0 Å². The number of carbonyl (C=O) groups excluding carboxylic acids is 1. The molecule has 2 N–H and O–H groups in total. The summed E-state index contributed by atoms with van der Waals surface area (Å²) in [5, 5.41) is 6.25. The van der Waals surface area contributed by atoms with Gasteiger partial charge in [0.25, 0.3) is 0 Å². The molecule has 4 nitrogen and oxygen atoms in total. The minimum Gasteiger partial charge on any atom is -0.352 e. The van der Waals surface area contributed by atoms with E-state index in [1.807, 2.05) is 7.05 Å². The predicted octanol–water partition coefficient (Wildman–Crippen LogP) is 0.337. The summed E-state index contributed by atoms with van der Waals surface area (Å²) < 4.78 is 0. The Kier molecular flexibility index (Phi) is 3.82. The summed E-state index contributed by atoms with van der Waals surface area (Å²) in [7, 11) is 1.94. The minimum atomic E-state index is 0.0879. The highest BCUT2D eigenvalue weighted by atomic mass is 16.2. The van der Waals surface area contributed by atoms with Crippen molar-refractivity contribution in [3.63, 3.8) is 0 Å². The molecule has 0 aromatic heterocycles. The number of carbonyl (C=O) groups is 1. The molecular formula is C12H23N3O. The standard InChI is InChI=1S/C12H23N3O/c1-9-6-8-15(10-3-4-10)11(5-7-13-2)12(16)14-9/h9-11,13H,3-8H2,1-2H3,(H,14,16). The molecule has 4 heteroatoms. The minimum absolute atomic E-state index is 0.0879. The fourth-order valence-electron chi connectivity index (χ4n) is 2.48. The highest BCUT2D eigenvalue weighted by Gasteiger charge is 2.38. The molecule has 2 fully saturated rings. The molecule has 1 saturated heterocycles. The summed E-state index contributed by atoms with van der Waals surface area (Å²) in [6.07, 6.45) is 4.55. The van der Waals surface area contributed by atoms with Crippen LogP contribution in [0.3, 0.4) is 0 Å². The number of rotatable bonds is 4. The largest absolute Gasteiger partial charge is 0.352 e. The molecule has 0 bridgehead atoms. The summed E-state index contributed by atoms with van der Waals surface area (Å²) in [4.78, 5) is 14.5. The van der Waals surface area contributed by atoms with Crippen LogP contribution in [0.1, 0.15) is 32.6 Å². The van der Waals surface area contributed by atoms with Gasteiger partial charge >= 0.3 is 0 Å². The Labute approximate surface area is 97.8 Å². The lowest BCUT2D eigenvalue weighted by Gasteiger charge is -2.28. The van der Waals surface area contributed by atoms with Gasteiger partial charge in [-0.15, -0.1) is 0 Å². The molecule has 2 atom stereocenters. The number of nitrogens with one attached hydrogen (secondary N) is 2. The van der Waals surface area contributed by atoms with Crippen LogP contribution in [-0.2, 0) is 4.79 Å². The smallest absolute Gasteiger partial charge is 0.237 e. The van der Waals surface area contributed by atoms with Crippen LogP contribution in [0.5, 0.6) is 0 Å². The van der Waals surface area contributed by atoms with Gasteiger partial charge in [0.1, 0.15) is 0 Å². The molecular weight excluding hydrogens is 202 g/mol. The fraction of sp³-hybridized carbons (Fsp3) is 0.917. The fourth-order valence-corrected chi connectivity index (χ4v) is 2.48. The maximum absolute atomic E-state index is 12.1. The summed E-state index contributed by atoms with van der Waals surface area (Å²) in [6, 6.07) is 1.09. The van der Waals surface area contributed by atoms with Crippen molar-refractivity contribution in [1.82, 2.24) is 15.5 Å². The van der Waals surface area contributed by atoms with Gasteiger partial charge in [0.2, 0.25) is 5.91 Å². The topological polar surface area (TPSA) is 44.4 Å². The third-order valence-corrected chi connectivity index (χ3v) is 3.60. The van der Waals surface area contributed by atoms with Gasteiger partial charge in [-0.05, 0) is 46.2 Å². The van der Waals surface area contributed by atoms with Gasteiger partial charge in [0.05, 0.1) is 6.04 Å². The lowest BCUT2D eigenvalue weighted by Crippen LogP contribution is -2.47. The summed E-state index contributed by atoms with van der Waals surface area (Å²) in [6.45, 7) is 4.08. The van der Waals surface area contributed by atoms with Crippen LogP contribution < -0.4 is 10.6 Å². The van der Waals surface area contributed by atoms with E-state index >= 15 is 0 Å². The molecule has 0 aromatic rings. The Bertz CT molecular complexity index is 253. The van der Waals surface area contributed by atoms with E-state index in [1.165, 1.54) is 12.8 Å². The molecule has 2 aliphatic rings. The Balaban J connectivity index is 2.02. The van der Waals surface area contributed by atoms with E-state index in [9.17, 15) is 4.79 Å². The van der Waals surface area contributed by atoms with Crippen LogP contribution in [0.2, 0.25) is 0 Å². The zero-order chi connectivity index (χ0) is 11.5. The predicted molar refractivity (Wildman–Crippen MR) is 64.3 cm³/mol. The van der Waals surface area contributed by atoms with E-state index in [0.717, 1.165) is 25.9 Å². The van der Waals surface area contributed by atoms with Gasteiger partial charge in [-0.1, -0.05) is 0 Å². The van der Waals surface area contributed by atoms with Crippen LogP contribution in [0.15, 0.2) is 0 Å². The number of hydrogen-bond acceptors (Lipinski definition) is 3. The summed E-state index contributed by atoms with van der Waals surface area (Å²) >= 11 is 0. The SMILES string of the molecule is CNCCC1C(=O)NC(C)CCN1C1CC1. The molecule has 92 valence electrons. The van der Waals surface area contributed by atoms with Gasteiger partial charge in [-0.2, -0.15) is 0 Å². The van der Waals surface area contributed by atoms with Crippen molar-refractivity contribution in [1.29, 1.82) is 0 Å². The summed E-state index contributed by atoms with van der Waals surface area (Å²) in [5.41, 5.74) is 0. The molecule has 0 spiro atoms. The third kappa shape index (κ3) is 2.74. The van der Waals surface area contributed by atoms with Gasteiger partial charge < -0.3 is 10.6 Å². The lowest BCUT2D eigenvalue weighted by molar-refractivity contribution is -0.126. The van der Waals surface area contributed by atoms with Crippen LogP contribution >= 0.6 is 0 Å². The molecule has 2 rings (SSSR count). The zero-order valence-corrected chi connectivity index (χ0v) is 10.3. The van der Waals surface area contributed by atoms with Crippen molar-refractivity contribution < 1.29 is 4.79 Å². The van der Waals surface area contributed by atoms with Crippen LogP contribution in [0, 0.1) is 0 Å². The number of amides is 1. The van der Waals surface area contributed by atoms with Crippen molar-refractivity contribution >= 4 is 5.91 Å². The number of nitrogens with zero attached hydrogens (tertiary/aromatic N) is 1. The van der Waals surface area contributed by atoms with Gasteiger partial charge in [0.15, 0.2) is 0 Å². The average Bonchev–Trinajstić information content (AvgIpc) is 3.05. The van der Waals surface area contributed by atoms with E-state index in [0.29, 0.717) is 12.1 Å². The van der Waals surface area contributed by atoms with E-state index in [-0.39, 0.29) is 11.9 Å². The highest BCUT2D eigenvalue weighted by Crippen LogP contribution is 2.30. The molecule has 16 heavy (non-hydrogen) atoms. The first-order valence-electron chi connectivity index (χ1n) is 6.43. The Morgan fingerprint density at radius 3 is 2.81 bits per heavy atom. The molecule has 0 aromatic carbocycles. The van der Waals surface area contributed by atoms with Crippen molar-refractivity contribution in [2.75, 3.05) is 20.1 Å². The molecule has 0 radical (unpaired) electrons. The van der Waals surface area contributed by atoms with Crippen LogP contribution in [-0.4, -0.2) is 49.1 Å². The molecule has 1 aliphatic carbocycles. The van der Waals surface area contributed by atoms with E-state index in [4.69, 9.17) is 0 Å². The zero-order valence-electron chi connectivity index (χ0n) is 10.3. The van der Waals surface area contributed by atoms with Gasteiger partial charge in [0, 0.05) is 18.6 Å². The van der Waals surface area contributed by atoms with E-state index < -0.39 is 0 Å². The maximum atomic E-state index is 12.1. The second-order valence-electron chi connectivity index (χ2n) is 5.08. The first kappa shape index (κ1) is 11.9. The van der Waals surface area contributed by atoms with E-state index in [1.54, 1.807) is 0 Å². The average molecular weight is 225 g/mol. The van der Waals surface area contributed by atoms with E-state index in [2.05, 4.69) is 22.5 Å². The molecule has 1 aliphatic heterocycles. The molecule has 1 saturated carbocycles. The Morgan fingerprint density at radius 1 is 1.44 bits per heavy atom. The van der Waals surface area contributed by atoms with Crippen molar-refractivity contribution in [3.8, 4) is 0 Å². The van der Waals surface area contributed by atoms with Crippen LogP contribution in [0.4, 0.5) is 0 Å². The summed E-state index contributed by atoms with van der Waals surface area (Å²) in [5.74, 6) is 0.229. The second kappa shape index (κ2) is 5.15. The first-order chi connectivity index (χ1) is 7.72. The third-order valence-electron chi connectivity index (χ3n) is 3.60. The van der Waals surface area contributed by atoms with Crippen molar-refractivity contribution in [3.05, 3.63) is 0 Å². The Hall–Kier alpha value is -0.610. The van der Waals surface area contributed by atoms with Gasteiger partial charge in [-0.3, -0.25) is 9.69 Å². The maximum Gasteiger partial charge on any atom is 0.237 e. The quantitative estimate of drug-likeness (QED) is 0.725. The molecule has 1 amide bonds.